The molecule has 3 rings (SSSR count). The van der Waals surface area contributed by atoms with E-state index in [1.165, 1.54) is 4.68 Å². The lowest BCUT2D eigenvalue weighted by atomic mass is 10.1. The summed E-state index contributed by atoms with van der Waals surface area (Å²) in [6, 6.07) is 1.32. The van der Waals surface area contributed by atoms with E-state index in [2.05, 4.69) is 25.8 Å². The average molecular weight is 346 g/mol. The lowest BCUT2D eigenvalue weighted by Crippen LogP contribution is -2.34. The summed E-state index contributed by atoms with van der Waals surface area (Å²) in [5.74, 6) is 0.900. The van der Waals surface area contributed by atoms with Crippen LogP contribution in [0.3, 0.4) is 0 Å². The molecule has 0 spiro atoms. The van der Waals surface area contributed by atoms with Gasteiger partial charge in [0.05, 0.1) is 11.9 Å². The number of anilines is 2. The second kappa shape index (κ2) is 6.96. The van der Waals surface area contributed by atoms with Crippen LogP contribution in [0.15, 0.2) is 21.6 Å². The molecule has 0 saturated carbocycles. The van der Waals surface area contributed by atoms with E-state index in [0.29, 0.717) is 29.6 Å². The van der Waals surface area contributed by atoms with Gasteiger partial charge in [-0.05, 0) is 26.2 Å². The number of urea groups is 1. The number of nitrogens with zero attached hydrogens (tertiary/aromatic N) is 4. The fourth-order valence-electron chi connectivity index (χ4n) is 2.92. The standard InChI is InChI=1S/C16H22N6O3/c1-10-15(11(2)25-20-10)19-16(24)17-7-12-4-5-22(9-12)13-6-14(23)21(3)18-8-13/h6,8,12H,4-5,7,9H2,1-3H3,(H2,17,19,24). The summed E-state index contributed by atoms with van der Waals surface area (Å²) >= 11 is 0. The minimum Gasteiger partial charge on any atom is -0.370 e. The first-order valence-corrected chi connectivity index (χ1v) is 8.20. The van der Waals surface area contributed by atoms with Crippen molar-refractivity contribution in [2.24, 2.45) is 13.0 Å². The summed E-state index contributed by atoms with van der Waals surface area (Å²) < 4.78 is 6.33. The third kappa shape index (κ3) is 3.81. The summed E-state index contributed by atoms with van der Waals surface area (Å²) in [5, 5.41) is 13.5. The molecule has 1 saturated heterocycles. The topological polar surface area (TPSA) is 105 Å². The van der Waals surface area contributed by atoms with Gasteiger partial charge in [-0.25, -0.2) is 9.48 Å². The van der Waals surface area contributed by atoms with Crippen LogP contribution in [-0.2, 0) is 7.05 Å². The maximum Gasteiger partial charge on any atom is 0.319 e. The third-order valence-electron chi connectivity index (χ3n) is 4.43. The van der Waals surface area contributed by atoms with Gasteiger partial charge in [0.1, 0.15) is 11.4 Å². The molecule has 2 amide bonds. The third-order valence-corrected chi connectivity index (χ3v) is 4.43. The van der Waals surface area contributed by atoms with Crippen molar-refractivity contribution in [2.75, 3.05) is 29.9 Å². The van der Waals surface area contributed by atoms with Crippen LogP contribution in [0.1, 0.15) is 17.9 Å². The van der Waals surface area contributed by atoms with Gasteiger partial charge >= 0.3 is 6.03 Å². The molecule has 134 valence electrons. The minimum absolute atomic E-state index is 0.127. The van der Waals surface area contributed by atoms with E-state index < -0.39 is 0 Å². The van der Waals surface area contributed by atoms with Gasteiger partial charge in [0.2, 0.25) is 0 Å². The smallest absolute Gasteiger partial charge is 0.319 e. The molecule has 0 aliphatic carbocycles. The molecule has 0 aromatic carbocycles. The van der Waals surface area contributed by atoms with Crippen LogP contribution in [0.5, 0.6) is 0 Å². The van der Waals surface area contributed by atoms with Gasteiger partial charge in [-0.1, -0.05) is 5.16 Å². The molecule has 25 heavy (non-hydrogen) atoms. The Balaban J connectivity index is 1.50. The molecule has 0 radical (unpaired) electrons. The molecule has 9 nitrogen and oxygen atoms in total. The van der Waals surface area contributed by atoms with Crippen LogP contribution in [-0.4, -0.2) is 40.6 Å². The summed E-state index contributed by atoms with van der Waals surface area (Å²) in [6.45, 7) is 5.71. The Morgan fingerprint density at radius 2 is 2.24 bits per heavy atom. The minimum atomic E-state index is -0.275. The Hall–Kier alpha value is -2.84. The Kier molecular flexibility index (Phi) is 4.73. The van der Waals surface area contributed by atoms with E-state index in [-0.39, 0.29) is 11.6 Å². The fraction of sp³-hybridized carbons (Fsp3) is 0.500. The highest BCUT2D eigenvalue weighted by molar-refractivity contribution is 5.90. The first-order chi connectivity index (χ1) is 11.9. The number of carbonyl (C=O) groups excluding carboxylic acids is 1. The molecule has 2 aromatic rings. The number of aromatic nitrogens is 3. The molecule has 1 unspecified atom stereocenters. The molecule has 2 N–H and O–H groups in total. The van der Waals surface area contributed by atoms with Gasteiger partial charge in [0.25, 0.3) is 5.56 Å². The van der Waals surface area contributed by atoms with Crippen molar-refractivity contribution >= 4 is 17.4 Å². The Morgan fingerprint density at radius 3 is 2.92 bits per heavy atom. The van der Waals surface area contributed by atoms with E-state index in [1.54, 1.807) is 33.2 Å². The van der Waals surface area contributed by atoms with E-state index in [1.807, 2.05) is 0 Å². The van der Waals surface area contributed by atoms with Crippen LogP contribution in [0.25, 0.3) is 0 Å². The molecule has 3 heterocycles. The largest absolute Gasteiger partial charge is 0.370 e. The van der Waals surface area contributed by atoms with Gasteiger partial charge in [-0.15, -0.1) is 0 Å². The molecule has 2 aromatic heterocycles. The number of aryl methyl sites for hydroxylation is 3. The van der Waals surface area contributed by atoms with Gasteiger partial charge < -0.3 is 20.1 Å². The molecule has 1 aliphatic heterocycles. The Morgan fingerprint density at radius 1 is 1.44 bits per heavy atom. The van der Waals surface area contributed by atoms with Crippen molar-refractivity contribution in [1.29, 1.82) is 0 Å². The lowest BCUT2D eigenvalue weighted by molar-refractivity contribution is 0.250. The average Bonchev–Trinajstić information content (AvgIpc) is 3.18. The first kappa shape index (κ1) is 17.0. The van der Waals surface area contributed by atoms with Gasteiger partial charge in [-0.2, -0.15) is 5.10 Å². The predicted octanol–water partition coefficient (Wildman–Crippen LogP) is 1.03. The van der Waals surface area contributed by atoms with Crippen LogP contribution in [0, 0.1) is 19.8 Å². The number of hydrogen-bond donors (Lipinski definition) is 2. The maximum absolute atomic E-state index is 12.0. The zero-order chi connectivity index (χ0) is 18.0. The van der Waals surface area contributed by atoms with Crippen LogP contribution >= 0.6 is 0 Å². The van der Waals surface area contributed by atoms with Crippen molar-refractivity contribution in [2.45, 2.75) is 20.3 Å². The highest BCUT2D eigenvalue weighted by Gasteiger charge is 2.24. The molecule has 1 aliphatic rings. The monoisotopic (exact) mass is 346 g/mol. The highest BCUT2D eigenvalue weighted by Crippen LogP contribution is 2.22. The quantitative estimate of drug-likeness (QED) is 0.857. The second-order valence-corrected chi connectivity index (χ2v) is 6.31. The summed E-state index contributed by atoms with van der Waals surface area (Å²) in [6.07, 6.45) is 2.64. The van der Waals surface area contributed by atoms with Crippen LogP contribution in [0.4, 0.5) is 16.2 Å². The van der Waals surface area contributed by atoms with E-state index >= 15 is 0 Å². The Bertz CT molecular complexity index is 808. The molecule has 0 bridgehead atoms. The number of nitrogens with one attached hydrogen (secondary N) is 2. The SMILES string of the molecule is Cc1noc(C)c1NC(=O)NCC1CCN(c2cnn(C)c(=O)c2)C1. The van der Waals surface area contributed by atoms with Crippen molar-refractivity contribution < 1.29 is 9.32 Å². The first-order valence-electron chi connectivity index (χ1n) is 8.20. The van der Waals surface area contributed by atoms with Crippen molar-refractivity contribution in [3.05, 3.63) is 34.1 Å². The maximum atomic E-state index is 12.0. The van der Waals surface area contributed by atoms with Crippen LogP contribution in [0.2, 0.25) is 0 Å². The predicted molar refractivity (Wildman–Crippen MR) is 92.8 cm³/mol. The van der Waals surface area contributed by atoms with E-state index in [4.69, 9.17) is 4.52 Å². The van der Waals surface area contributed by atoms with Gasteiger partial charge in [0.15, 0.2) is 5.76 Å². The number of carbonyl (C=O) groups is 1. The second-order valence-electron chi connectivity index (χ2n) is 6.31. The van der Waals surface area contributed by atoms with Crippen molar-refractivity contribution in [3.8, 4) is 0 Å². The fourth-order valence-corrected chi connectivity index (χ4v) is 2.92. The Labute approximate surface area is 145 Å². The van der Waals surface area contributed by atoms with Crippen molar-refractivity contribution in [3.63, 3.8) is 0 Å². The normalized spacial score (nSPS) is 16.9. The van der Waals surface area contributed by atoms with Crippen molar-refractivity contribution in [1.82, 2.24) is 20.3 Å². The zero-order valence-electron chi connectivity index (χ0n) is 14.6. The summed E-state index contributed by atoms with van der Waals surface area (Å²) in [5.41, 5.74) is 1.96. The highest BCUT2D eigenvalue weighted by atomic mass is 16.5. The molecular formula is C16H22N6O3. The van der Waals surface area contributed by atoms with Gasteiger partial charge in [0, 0.05) is 32.7 Å². The van der Waals surface area contributed by atoms with Crippen LogP contribution < -0.4 is 21.1 Å². The summed E-state index contributed by atoms with van der Waals surface area (Å²) in [4.78, 5) is 25.9. The number of rotatable bonds is 4. The van der Waals surface area contributed by atoms with E-state index in [9.17, 15) is 9.59 Å². The molecule has 1 fully saturated rings. The zero-order valence-corrected chi connectivity index (χ0v) is 14.6. The van der Waals surface area contributed by atoms with Gasteiger partial charge in [-0.3, -0.25) is 4.79 Å². The molecule has 1 atom stereocenters. The van der Waals surface area contributed by atoms with E-state index in [0.717, 1.165) is 25.2 Å². The summed E-state index contributed by atoms with van der Waals surface area (Å²) in [7, 11) is 1.63. The molecule has 9 heteroatoms. The number of hydrogen-bond acceptors (Lipinski definition) is 6. The molecular weight excluding hydrogens is 324 g/mol. The lowest BCUT2D eigenvalue weighted by Gasteiger charge is -2.18. The number of amides is 2.